The van der Waals surface area contributed by atoms with Crippen molar-refractivity contribution in [3.8, 4) is 0 Å². The first kappa shape index (κ1) is 20.8. The molecule has 7 heteroatoms. The second kappa shape index (κ2) is 8.21. The van der Waals surface area contributed by atoms with Gasteiger partial charge in [-0.15, -0.1) is 11.3 Å². The molecule has 0 aliphatic rings. The molecule has 152 valence electrons. The van der Waals surface area contributed by atoms with Crippen molar-refractivity contribution >= 4 is 44.5 Å². The molecule has 0 bridgehead atoms. The fourth-order valence-corrected chi connectivity index (χ4v) is 4.76. The fraction of sp³-hybridized carbons (Fsp3) is 0.318. The van der Waals surface area contributed by atoms with Gasteiger partial charge in [0.2, 0.25) is 0 Å². The Kier molecular flexibility index (Phi) is 5.88. The SMILES string of the molecule is C/C(=N/NC(=O)CNc1c(C)cc(C)cc1C)c1sc2nc(C)cc(C)c2c1N. The molecule has 2 aromatic heterocycles. The first-order valence-corrected chi connectivity index (χ1v) is 10.3. The molecule has 6 nitrogen and oxygen atoms in total. The molecule has 0 aliphatic heterocycles. The summed E-state index contributed by atoms with van der Waals surface area (Å²) in [6.07, 6.45) is 0. The first-order chi connectivity index (χ1) is 13.7. The quantitative estimate of drug-likeness (QED) is 0.431. The number of nitrogens with one attached hydrogen (secondary N) is 2. The van der Waals surface area contributed by atoms with Crippen molar-refractivity contribution in [3.05, 3.63) is 51.0 Å². The zero-order valence-corrected chi connectivity index (χ0v) is 18.5. The number of nitrogens with two attached hydrogens (primary N) is 1. The average molecular weight is 410 g/mol. The molecule has 3 rings (SSSR count). The Morgan fingerprint density at radius 2 is 1.76 bits per heavy atom. The highest BCUT2D eigenvalue weighted by Crippen LogP contribution is 2.35. The zero-order valence-electron chi connectivity index (χ0n) is 17.7. The molecule has 0 radical (unpaired) electrons. The van der Waals surface area contributed by atoms with Gasteiger partial charge in [-0.05, 0) is 64.3 Å². The minimum Gasteiger partial charge on any atom is -0.397 e. The first-order valence-electron chi connectivity index (χ1n) is 9.48. The molecular formula is C22H27N5OS. The molecule has 0 saturated carbocycles. The summed E-state index contributed by atoms with van der Waals surface area (Å²) < 4.78 is 0. The molecule has 4 N–H and O–H groups in total. The molecule has 0 fully saturated rings. The number of hydrazone groups is 1. The van der Waals surface area contributed by atoms with Crippen LogP contribution in [0.4, 0.5) is 11.4 Å². The van der Waals surface area contributed by atoms with Crippen LogP contribution in [0.3, 0.4) is 0 Å². The third-order valence-electron chi connectivity index (χ3n) is 4.80. The molecule has 1 amide bonds. The van der Waals surface area contributed by atoms with Crippen LogP contribution >= 0.6 is 11.3 Å². The lowest BCUT2D eigenvalue weighted by molar-refractivity contribution is -0.119. The van der Waals surface area contributed by atoms with Gasteiger partial charge in [-0.2, -0.15) is 5.10 Å². The number of carbonyl (C=O) groups excluding carboxylic acids is 1. The number of pyridine rings is 1. The average Bonchev–Trinajstić information content (AvgIpc) is 2.95. The number of amides is 1. The fourth-order valence-electron chi connectivity index (χ4n) is 3.60. The van der Waals surface area contributed by atoms with Gasteiger partial charge in [0.05, 0.1) is 22.8 Å². The van der Waals surface area contributed by atoms with Gasteiger partial charge in [0, 0.05) is 16.8 Å². The van der Waals surface area contributed by atoms with Crippen LogP contribution in [0, 0.1) is 34.6 Å². The van der Waals surface area contributed by atoms with Gasteiger partial charge in [-0.3, -0.25) is 4.79 Å². The Balaban J connectivity index is 1.72. The molecule has 0 atom stereocenters. The largest absolute Gasteiger partial charge is 0.397 e. The summed E-state index contributed by atoms with van der Waals surface area (Å²) in [6, 6.07) is 6.21. The van der Waals surface area contributed by atoms with E-state index in [2.05, 4.69) is 39.9 Å². The van der Waals surface area contributed by atoms with Crippen molar-refractivity contribution in [1.82, 2.24) is 10.4 Å². The van der Waals surface area contributed by atoms with E-state index in [9.17, 15) is 4.79 Å². The number of hydrogen-bond acceptors (Lipinski definition) is 6. The van der Waals surface area contributed by atoms with Gasteiger partial charge in [0.25, 0.3) is 5.91 Å². The van der Waals surface area contributed by atoms with Crippen LogP contribution in [0.1, 0.15) is 39.7 Å². The topological polar surface area (TPSA) is 92.4 Å². The van der Waals surface area contributed by atoms with E-state index in [1.54, 1.807) is 0 Å². The van der Waals surface area contributed by atoms with E-state index in [0.717, 1.165) is 43.2 Å². The molecule has 1 aromatic carbocycles. The van der Waals surface area contributed by atoms with E-state index in [-0.39, 0.29) is 12.5 Å². The highest BCUT2D eigenvalue weighted by atomic mass is 32.1. The smallest absolute Gasteiger partial charge is 0.259 e. The predicted molar refractivity (Wildman–Crippen MR) is 123 cm³/mol. The number of benzene rings is 1. The van der Waals surface area contributed by atoms with Crippen LogP contribution in [-0.2, 0) is 4.79 Å². The summed E-state index contributed by atoms with van der Waals surface area (Å²) in [4.78, 5) is 18.6. The number of aromatic nitrogens is 1. The maximum Gasteiger partial charge on any atom is 0.259 e. The van der Waals surface area contributed by atoms with E-state index in [1.807, 2.05) is 40.7 Å². The Morgan fingerprint density at radius 1 is 1.10 bits per heavy atom. The Labute approximate surface area is 175 Å². The van der Waals surface area contributed by atoms with Crippen molar-refractivity contribution in [2.75, 3.05) is 17.6 Å². The number of nitrogen functional groups attached to an aromatic ring is 1. The molecular weight excluding hydrogens is 382 g/mol. The van der Waals surface area contributed by atoms with Crippen molar-refractivity contribution in [2.45, 2.75) is 41.5 Å². The monoisotopic (exact) mass is 409 g/mol. The molecule has 0 spiro atoms. The number of fused-ring (bicyclic) bond motifs is 1. The van der Waals surface area contributed by atoms with E-state index >= 15 is 0 Å². The van der Waals surface area contributed by atoms with Gasteiger partial charge in [0.15, 0.2) is 0 Å². The molecule has 0 unspecified atom stereocenters. The normalized spacial score (nSPS) is 11.7. The van der Waals surface area contributed by atoms with Gasteiger partial charge < -0.3 is 11.1 Å². The molecule has 29 heavy (non-hydrogen) atoms. The second-order valence-corrected chi connectivity index (χ2v) is 8.46. The van der Waals surface area contributed by atoms with Crippen LogP contribution in [0.2, 0.25) is 0 Å². The summed E-state index contributed by atoms with van der Waals surface area (Å²) in [7, 11) is 0. The number of aryl methyl sites for hydroxylation is 5. The van der Waals surface area contributed by atoms with Crippen molar-refractivity contribution < 1.29 is 4.79 Å². The predicted octanol–water partition coefficient (Wildman–Crippen LogP) is 4.37. The zero-order chi connectivity index (χ0) is 21.3. The number of anilines is 2. The van der Waals surface area contributed by atoms with Crippen molar-refractivity contribution in [3.63, 3.8) is 0 Å². The van der Waals surface area contributed by atoms with Crippen LogP contribution in [0.15, 0.2) is 23.3 Å². The van der Waals surface area contributed by atoms with Crippen LogP contribution in [0.5, 0.6) is 0 Å². The van der Waals surface area contributed by atoms with Crippen molar-refractivity contribution in [2.24, 2.45) is 5.10 Å². The summed E-state index contributed by atoms with van der Waals surface area (Å²) in [5.41, 5.74) is 16.8. The van der Waals surface area contributed by atoms with Gasteiger partial charge in [0.1, 0.15) is 4.83 Å². The Hall–Kier alpha value is -2.93. The van der Waals surface area contributed by atoms with E-state index in [1.165, 1.54) is 16.9 Å². The summed E-state index contributed by atoms with van der Waals surface area (Å²) in [5, 5.41) is 8.42. The summed E-state index contributed by atoms with van der Waals surface area (Å²) >= 11 is 1.49. The molecule has 0 aliphatic carbocycles. The number of thiophene rings is 1. The number of carbonyl (C=O) groups is 1. The molecule has 3 aromatic rings. The van der Waals surface area contributed by atoms with Gasteiger partial charge >= 0.3 is 0 Å². The lowest BCUT2D eigenvalue weighted by atomic mass is 10.1. The lowest BCUT2D eigenvalue weighted by Gasteiger charge is -2.13. The molecule has 0 saturated heterocycles. The summed E-state index contributed by atoms with van der Waals surface area (Å²) in [6.45, 7) is 12.1. The van der Waals surface area contributed by atoms with Crippen LogP contribution in [-0.4, -0.2) is 23.1 Å². The Morgan fingerprint density at radius 3 is 2.41 bits per heavy atom. The third-order valence-corrected chi connectivity index (χ3v) is 6.01. The third kappa shape index (κ3) is 4.40. The highest BCUT2D eigenvalue weighted by Gasteiger charge is 2.15. The number of rotatable bonds is 5. The van der Waals surface area contributed by atoms with Gasteiger partial charge in [-0.25, -0.2) is 10.4 Å². The maximum atomic E-state index is 12.3. The number of hydrogen-bond donors (Lipinski definition) is 3. The lowest BCUT2D eigenvalue weighted by Crippen LogP contribution is -2.27. The second-order valence-electron chi connectivity index (χ2n) is 7.47. The van der Waals surface area contributed by atoms with Gasteiger partial charge in [-0.1, -0.05) is 17.7 Å². The number of nitrogens with zero attached hydrogens (tertiary/aromatic N) is 2. The van der Waals surface area contributed by atoms with E-state index in [0.29, 0.717) is 11.4 Å². The highest BCUT2D eigenvalue weighted by molar-refractivity contribution is 7.21. The summed E-state index contributed by atoms with van der Waals surface area (Å²) in [5.74, 6) is -0.214. The van der Waals surface area contributed by atoms with E-state index < -0.39 is 0 Å². The molecule has 2 heterocycles. The van der Waals surface area contributed by atoms with Crippen LogP contribution in [0.25, 0.3) is 10.2 Å². The maximum absolute atomic E-state index is 12.3. The van der Waals surface area contributed by atoms with E-state index in [4.69, 9.17) is 5.73 Å². The standard InChI is InChI=1S/C22H27N5OS/c1-11-7-13(3)20(14(4)8-11)24-10-17(28)27-26-16(6)21-19(23)18-12(2)9-15(5)25-22(18)29-21/h7-9,24H,10,23H2,1-6H3,(H,27,28)/b26-16-. The van der Waals surface area contributed by atoms with Crippen molar-refractivity contribution in [1.29, 1.82) is 0 Å². The van der Waals surface area contributed by atoms with Crippen LogP contribution < -0.4 is 16.5 Å². The minimum atomic E-state index is -0.214. The minimum absolute atomic E-state index is 0.142. The Bertz CT molecular complexity index is 1110.